The Balaban J connectivity index is 3.44. The molecule has 0 aliphatic carbocycles. The molecule has 0 rings (SSSR count). The quantitative estimate of drug-likeness (QED) is 0.211. The van der Waals surface area contributed by atoms with E-state index in [1.807, 2.05) is 12.3 Å². The molecule has 0 aromatic heterocycles. The van der Waals surface area contributed by atoms with Gasteiger partial charge >= 0.3 is 0 Å². The zero-order valence-electron chi connectivity index (χ0n) is 12.2. The van der Waals surface area contributed by atoms with E-state index in [0.29, 0.717) is 0 Å². The van der Waals surface area contributed by atoms with Crippen LogP contribution in [0.15, 0.2) is 24.5 Å². The van der Waals surface area contributed by atoms with Crippen LogP contribution in [0.2, 0.25) is 19.1 Å². The van der Waals surface area contributed by atoms with Crippen LogP contribution in [0.3, 0.4) is 0 Å². The number of unbranched alkanes of at least 4 members (excludes halogenated alkanes) is 5. The van der Waals surface area contributed by atoms with Gasteiger partial charge in [-0.25, -0.2) is 0 Å². The zero-order chi connectivity index (χ0) is 13.0. The van der Waals surface area contributed by atoms with Crippen molar-refractivity contribution in [2.45, 2.75) is 71.5 Å². The molecule has 0 fully saturated rings. The van der Waals surface area contributed by atoms with Gasteiger partial charge in [0.25, 0.3) is 0 Å². The van der Waals surface area contributed by atoms with Gasteiger partial charge in [0.1, 0.15) is 0 Å². The van der Waals surface area contributed by atoms with Crippen LogP contribution in [-0.2, 0) is 4.43 Å². The molecule has 0 saturated heterocycles. The number of allylic oxidation sites excluding steroid dienone is 3. The molecule has 0 saturated carbocycles. The second kappa shape index (κ2) is 10.6. The molecule has 0 unspecified atom stereocenters. The molecule has 0 aliphatic heterocycles. The fourth-order valence-corrected chi connectivity index (χ4v) is 2.01. The van der Waals surface area contributed by atoms with E-state index in [1.165, 1.54) is 44.6 Å². The summed E-state index contributed by atoms with van der Waals surface area (Å²) < 4.78 is 5.75. The van der Waals surface area contributed by atoms with Crippen molar-refractivity contribution in [3.8, 4) is 0 Å². The summed E-state index contributed by atoms with van der Waals surface area (Å²) in [6.45, 7) is 8.95. The number of rotatable bonds is 10. The van der Waals surface area contributed by atoms with E-state index >= 15 is 0 Å². The maximum absolute atomic E-state index is 5.75. The van der Waals surface area contributed by atoms with Gasteiger partial charge in [-0.3, -0.25) is 0 Å². The van der Waals surface area contributed by atoms with Crippen LogP contribution in [0.25, 0.3) is 0 Å². The van der Waals surface area contributed by atoms with Crippen molar-refractivity contribution < 1.29 is 4.43 Å². The molecule has 100 valence electrons. The minimum Gasteiger partial charge on any atom is -0.549 e. The van der Waals surface area contributed by atoms with Crippen molar-refractivity contribution in [2.75, 3.05) is 0 Å². The summed E-state index contributed by atoms with van der Waals surface area (Å²) in [5.41, 5.74) is 0. The van der Waals surface area contributed by atoms with Crippen molar-refractivity contribution in [3.05, 3.63) is 24.5 Å². The van der Waals surface area contributed by atoms with Crippen molar-refractivity contribution in [3.63, 3.8) is 0 Å². The van der Waals surface area contributed by atoms with Crippen molar-refractivity contribution >= 4 is 8.32 Å². The Kier molecular flexibility index (Phi) is 10.3. The third kappa shape index (κ3) is 11.8. The second-order valence-electron chi connectivity index (χ2n) is 5.19. The molecule has 0 aliphatic rings. The Bertz CT molecular complexity index is 219. The molecule has 0 amide bonds. The van der Waals surface area contributed by atoms with E-state index in [-0.39, 0.29) is 0 Å². The fraction of sp³-hybridized carbons (Fsp3) is 0.733. The smallest absolute Gasteiger partial charge is 0.244 e. The summed E-state index contributed by atoms with van der Waals surface area (Å²) >= 11 is 0. The standard InChI is InChI=1S/C15H30OSi/c1-5-7-8-9-10-11-12-13-14-15-16-17(3,4)6-2/h12-15H,5-11H2,1-4H3/b13-12+,15-14+. The largest absolute Gasteiger partial charge is 0.549 e. The number of hydrogen-bond acceptors (Lipinski definition) is 1. The molecule has 2 heteroatoms. The first-order chi connectivity index (χ1) is 8.12. The molecular formula is C15H30OSi. The highest BCUT2D eigenvalue weighted by Gasteiger charge is 2.18. The predicted octanol–water partition coefficient (Wildman–Crippen LogP) is 5.66. The van der Waals surface area contributed by atoms with Crippen LogP contribution in [0.5, 0.6) is 0 Å². The van der Waals surface area contributed by atoms with Gasteiger partial charge in [0.15, 0.2) is 0 Å². The van der Waals surface area contributed by atoms with E-state index in [2.05, 4.69) is 39.1 Å². The third-order valence-electron chi connectivity index (χ3n) is 3.04. The average Bonchev–Trinajstić information content (AvgIpc) is 2.31. The monoisotopic (exact) mass is 254 g/mol. The maximum atomic E-state index is 5.75. The Morgan fingerprint density at radius 1 is 0.941 bits per heavy atom. The molecule has 0 spiro atoms. The van der Waals surface area contributed by atoms with E-state index in [9.17, 15) is 0 Å². The lowest BCUT2D eigenvalue weighted by molar-refractivity contribution is 0.472. The summed E-state index contributed by atoms with van der Waals surface area (Å²) in [7, 11) is -1.39. The molecule has 0 radical (unpaired) electrons. The highest BCUT2D eigenvalue weighted by molar-refractivity contribution is 6.71. The fourth-order valence-electron chi connectivity index (χ4n) is 1.39. The maximum Gasteiger partial charge on any atom is 0.244 e. The van der Waals surface area contributed by atoms with Gasteiger partial charge in [0.2, 0.25) is 8.32 Å². The third-order valence-corrected chi connectivity index (χ3v) is 5.52. The van der Waals surface area contributed by atoms with Crippen LogP contribution in [0.4, 0.5) is 0 Å². The molecule has 0 N–H and O–H groups in total. The molecule has 0 atom stereocenters. The lowest BCUT2D eigenvalue weighted by atomic mass is 10.1. The molecule has 17 heavy (non-hydrogen) atoms. The molecule has 0 aromatic rings. The van der Waals surface area contributed by atoms with Gasteiger partial charge in [-0.05, 0) is 38.1 Å². The second-order valence-corrected chi connectivity index (χ2v) is 9.65. The lowest BCUT2D eigenvalue weighted by Crippen LogP contribution is -2.26. The summed E-state index contributed by atoms with van der Waals surface area (Å²) in [4.78, 5) is 0. The summed E-state index contributed by atoms with van der Waals surface area (Å²) in [6, 6.07) is 1.17. The highest BCUT2D eigenvalue weighted by atomic mass is 28.4. The van der Waals surface area contributed by atoms with Gasteiger partial charge in [-0.2, -0.15) is 0 Å². The SMILES string of the molecule is CCCCCCC/C=C/C=C/O[Si](C)(C)CC. The van der Waals surface area contributed by atoms with E-state index < -0.39 is 8.32 Å². The summed E-state index contributed by atoms with van der Waals surface area (Å²) in [6.07, 6.45) is 16.2. The summed E-state index contributed by atoms with van der Waals surface area (Å²) in [5.74, 6) is 0. The van der Waals surface area contributed by atoms with E-state index in [4.69, 9.17) is 4.43 Å². The first-order valence-electron chi connectivity index (χ1n) is 7.12. The van der Waals surface area contributed by atoms with Crippen LogP contribution in [-0.4, -0.2) is 8.32 Å². The minimum absolute atomic E-state index is 1.17. The average molecular weight is 254 g/mol. The van der Waals surface area contributed by atoms with Gasteiger partial charge < -0.3 is 4.43 Å². The molecule has 0 heterocycles. The van der Waals surface area contributed by atoms with Crippen molar-refractivity contribution in [1.82, 2.24) is 0 Å². The predicted molar refractivity (Wildman–Crippen MR) is 80.7 cm³/mol. The molecule has 1 nitrogen and oxygen atoms in total. The lowest BCUT2D eigenvalue weighted by Gasteiger charge is -2.18. The van der Waals surface area contributed by atoms with Crippen LogP contribution in [0, 0.1) is 0 Å². The van der Waals surface area contributed by atoms with Gasteiger partial charge in [-0.15, -0.1) is 0 Å². The van der Waals surface area contributed by atoms with Gasteiger partial charge in [0, 0.05) is 0 Å². The van der Waals surface area contributed by atoms with Crippen molar-refractivity contribution in [1.29, 1.82) is 0 Å². The van der Waals surface area contributed by atoms with E-state index in [1.54, 1.807) is 0 Å². The topological polar surface area (TPSA) is 9.23 Å². The van der Waals surface area contributed by atoms with Crippen LogP contribution < -0.4 is 0 Å². The number of hydrogen-bond donors (Lipinski definition) is 0. The first kappa shape index (κ1) is 16.5. The Morgan fingerprint density at radius 3 is 2.29 bits per heavy atom. The Labute approximate surface area is 109 Å². The molecular weight excluding hydrogens is 224 g/mol. The van der Waals surface area contributed by atoms with Gasteiger partial charge in [0.05, 0.1) is 6.26 Å². The molecule has 0 aromatic carbocycles. The normalized spacial score (nSPS) is 12.7. The van der Waals surface area contributed by atoms with E-state index in [0.717, 1.165) is 0 Å². The first-order valence-corrected chi connectivity index (χ1v) is 10.2. The van der Waals surface area contributed by atoms with Crippen LogP contribution >= 0.6 is 0 Å². The van der Waals surface area contributed by atoms with Crippen LogP contribution in [0.1, 0.15) is 52.4 Å². The van der Waals surface area contributed by atoms with Gasteiger partial charge in [-0.1, -0.05) is 51.7 Å². The Morgan fingerprint density at radius 2 is 1.65 bits per heavy atom. The summed E-state index contributed by atoms with van der Waals surface area (Å²) in [5, 5.41) is 0. The van der Waals surface area contributed by atoms with Crippen molar-refractivity contribution in [2.24, 2.45) is 0 Å². The zero-order valence-corrected chi connectivity index (χ0v) is 13.2. The Hall–Kier alpha value is -0.503. The minimum atomic E-state index is -1.39. The molecule has 0 bridgehead atoms. The highest BCUT2D eigenvalue weighted by Crippen LogP contribution is 2.10.